The quantitative estimate of drug-likeness (QED) is 0.582. The Morgan fingerprint density at radius 3 is 3.22 bits per heavy atom. The number of hydrogen-bond donors (Lipinski definition) is 0. The van der Waals surface area contributed by atoms with Crippen molar-refractivity contribution in [2.24, 2.45) is 0 Å². The lowest BCUT2D eigenvalue weighted by Gasteiger charge is -1.96. The zero-order valence-corrected chi connectivity index (χ0v) is 5.37. The van der Waals surface area contributed by atoms with E-state index in [2.05, 4.69) is 11.2 Å². The first kappa shape index (κ1) is 6.29. The number of rotatable bonds is 3. The van der Waals surface area contributed by atoms with E-state index in [0.717, 1.165) is 6.54 Å². The Hall–Kier alpha value is -0.830. The molecule has 9 heavy (non-hydrogen) atoms. The highest BCUT2D eigenvalue weighted by atomic mass is 16.5. The van der Waals surface area contributed by atoms with Gasteiger partial charge in [0, 0.05) is 19.4 Å². The Balaban J connectivity index is 2.30. The number of nitrogens with zero attached hydrogens (tertiary/aromatic N) is 2. The molecule has 1 heterocycles. The molecule has 0 aliphatic heterocycles. The highest BCUT2D eigenvalue weighted by molar-refractivity contribution is 4.73. The second kappa shape index (κ2) is 3.25. The molecule has 0 atom stereocenters. The lowest BCUT2D eigenvalue weighted by Crippen LogP contribution is -2.03. The van der Waals surface area contributed by atoms with E-state index in [9.17, 15) is 0 Å². The SMILES string of the molecule is COCCn1c[c]cn1. The Morgan fingerprint density at radius 2 is 2.67 bits per heavy atom. The average molecular weight is 125 g/mol. The van der Waals surface area contributed by atoms with Crippen molar-refractivity contribution in [3.05, 3.63) is 18.5 Å². The monoisotopic (exact) mass is 125 g/mol. The third-order valence-corrected chi connectivity index (χ3v) is 1.03. The minimum atomic E-state index is 0.704. The first-order valence-electron chi connectivity index (χ1n) is 2.81. The van der Waals surface area contributed by atoms with Crippen LogP contribution in [0.15, 0.2) is 12.4 Å². The average Bonchev–Trinajstić information content (AvgIpc) is 2.34. The molecule has 49 valence electrons. The summed E-state index contributed by atoms with van der Waals surface area (Å²) in [6.07, 6.45) is 3.43. The molecule has 0 N–H and O–H groups in total. The van der Waals surface area contributed by atoms with Gasteiger partial charge in [-0.1, -0.05) is 0 Å². The van der Waals surface area contributed by atoms with Gasteiger partial charge < -0.3 is 4.74 Å². The van der Waals surface area contributed by atoms with Crippen LogP contribution in [0, 0.1) is 6.07 Å². The van der Waals surface area contributed by atoms with E-state index in [1.54, 1.807) is 24.2 Å². The second-order valence-corrected chi connectivity index (χ2v) is 1.70. The van der Waals surface area contributed by atoms with Gasteiger partial charge >= 0.3 is 0 Å². The fraction of sp³-hybridized carbons (Fsp3) is 0.500. The van der Waals surface area contributed by atoms with Crippen molar-refractivity contribution in [3.8, 4) is 0 Å². The van der Waals surface area contributed by atoms with Crippen LogP contribution in [-0.4, -0.2) is 23.5 Å². The van der Waals surface area contributed by atoms with Crippen LogP contribution >= 0.6 is 0 Å². The lowest BCUT2D eigenvalue weighted by atomic mass is 10.7. The first-order chi connectivity index (χ1) is 4.43. The summed E-state index contributed by atoms with van der Waals surface area (Å²) < 4.78 is 6.62. The maximum absolute atomic E-state index is 4.84. The predicted molar refractivity (Wildman–Crippen MR) is 32.9 cm³/mol. The fourth-order valence-electron chi connectivity index (χ4n) is 0.567. The maximum Gasteiger partial charge on any atom is 0.0658 e. The molecule has 0 aliphatic carbocycles. The van der Waals surface area contributed by atoms with Crippen LogP contribution in [0.3, 0.4) is 0 Å². The second-order valence-electron chi connectivity index (χ2n) is 1.70. The zero-order chi connectivity index (χ0) is 6.53. The highest BCUT2D eigenvalue weighted by Crippen LogP contribution is 1.82. The zero-order valence-electron chi connectivity index (χ0n) is 5.37. The molecule has 1 aromatic rings. The molecular weight excluding hydrogens is 116 g/mol. The van der Waals surface area contributed by atoms with Crippen molar-refractivity contribution in [3.63, 3.8) is 0 Å². The molecule has 1 aromatic heterocycles. The Labute approximate surface area is 54.2 Å². The number of methoxy groups -OCH3 is 1. The molecule has 0 saturated carbocycles. The van der Waals surface area contributed by atoms with Crippen molar-refractivity contribution in [1.82, 2.24) is 9.78 Å². The van der Waals surface area contributed by atoms with Gasteiger partial charge in [-0.05, 0) is 0 Å². The minimum absolute atomic E-state index is 0.704. The van der Waals surface area contributed by atoms with Crippen molar-refractivity contribution in [2.75, 3.05) is 13.7 Å². The van der Waals surface area contributed by atoms with Gasteiger partial charge in [-0.15, -0.1) is 0 Å². The van der Waals surface area contributed by atoms with E-state index in [1.807, 2.05) is 0 Å². The molecular formula is C6H9N2O. The molecule has 0 saturated heterocycles. The summed E-state index contributed by atoms with van der Waals surface area (Å²) in [5.74, 6) is 0. The normalized spacial score (nSPS) is 9.89. The van der Waals surface area contributed by atoms with E-state index in [1.165, 1.54) is 0 Å². The summed E-state index contributed by atoms with van der Waals surface area (Å²) in [5.41, 5.74) is 0. The Morgan fingerprint density at radius 1 is 1.78 bits per heavy atom. The minimum Gasteiger partial charge on any atom is -0.383 e. The molecule has 0 bridgehead atoms. The lowest BCUT2D eigenvalue weighted by molar-refractivity contribution is 0.183. The van der Waals surface area contributed by atoms with E-state index in [0.29, 0.717) is 6.61 Å². The largest absolute Gasteiger partial charge is 0.383 e. The molecule has 0 unspecified atom stereocenters. The predicted octanol–water partition coefficient (Wildman–Crippen LogP) is 0.330. The van der Waals surface area contributed by atoms with Crippen molar-refractivity contribution in [2.45, 2.75) is 6.54 Å². The molecule has 1 rings (SSSR count). The Kier molecular flexibility index (Phi) is 2.27. The summed E-state index contributed by atoms with van der Waals surface area (Å²) in [6, 6.07) is 2.83. The molecule has 0 amide bonds. The van der Waals surface area contributed by atoms with Crippen molar-refractivity contribution in [1.29, 1.82) is 0 Å². The van der Waals surface area contributed by atoms with Crippen LogP contribution in [-0.2, 0) is 11.3 Å². The molecule has 0 aromatic carbocycles. The van der Waals surface area contributed by atoms with Gasteiger partial charge in [0.05, 0.1) is 19.3 Å². The smallest absolute Gasteiger partial charge is 0.0658 e. The molecule has 0 aliphatic rings. The topological polar surface area (TPSA) is 27.1 Å². The van der Waals surface area contributed by atoms with E-state index in [-0.39, 0.29) is 0 Å². The van der Waals surface area contributed by atoms with Gasteiger partial charge in [-0.2, -0.15) is 5.10 Å². The first-order valence-corrected chi connectivity index (χ1v) is 2.81. The van der Waals surface area contributed by atoms with Crippen LogP contribution in [0.2, 0.25) is 0 Å². The summed E-state index contributed by atoms with van der Waals surface area (Å²) >= 11 is 0. The number of aromatic nitrogens is 2. The number of ether oxygens (including phenoxy) is 1. The van der Waals surface area contributed by atoms with Crippen molar-refractivity contribution >= 4 is 0 Å². The van der Waals surface area contributed by atoms with Crippen LogP contribution < -0.4 is 0 Å². The fourth-order valence-corrected chi connectivity index (χ4v) is 0.567. The van der Waals surface area contributed by atoms with Crippen LogP contribution in [0.1, 0.15) is 0 Å². The third kappa shape index (κ3) is 1.85. The standard InChI is InChI=1S/C6H9N2O/c1-9-6-5-8-4-2-3-7-8/h3-4H,5-6H2,1H3. The van der Waals surface area contributed by atoms with E-state index in [4.69, 9.17) is 4.74 Å². The molecule has 0 fully saturated rings. The summed E-state index contributed by atoms with van der Waals surface area (Å²) in [4.78, 5) is 0. The summed E-state index contributed by atoms with van der Waals surface area (Å²) in [7, 11) is 1.67. The molecule has 0 spiro atoms. The van der Waals surface area contributed by atoms with Crippen LogP contribution in [0.25, 0.3) is 0 Å². The van der Waals surface area contributed by atoms with Gasteiger partial charge in [0.15, 0.2) is 0 Å². The molecule has 3 nitrogen and oxygen atoms in total. The molecule has 1 radical (unpaired) electrons. The summed E-state index contributed by atoms with van der Waals surface area (Å²) in [6.45, 7) is 1.51. The van der Waals surface area contributed by atoms with Gasteiger partial charge in [-0.3, -0.25) is 4.68 Å². The van der Waals surface area contributed by atoms with Crippen LogP contribution in [0.4, 0.5) is 0 Å². The van der Waals surface area contributed by atoms with Gasteiger partial charge in [0.25, 0.3) is 0 Å². The summed E-state index contributed by atoms with van der Waals surface area (Å²) in [5, 5.41) is 3.93. The maximum atomic E-state index is 4.84. The third-order valence-electron chi connectivity index (χ3n) is 1.03. The van der Waals surface area contributed by atoms with Gasteiger partial charge in [-0.25, -0.2) is 0 Å². The van der Waals surface area contributed by atoms with Crippen molar-refractivity contribution < 1.29 is 4.74 Å². The van der Waals surface area contributed by atoms with E-state index >= 15 is 0 Å². The van der Waals surface area contributed by atoms with Gasteiger partial charge in [0.2, 0.25) is 0 Å². The Bertz CT molecular complexity index is 148. The van der Waals surface area contributed by atoms with E-state index < -0.39 is 0 Å². The molecule has 3 heteroatoms. The van der Waals surface area contributed by atoms with Crippen LogP contribution in [0.5, 0.6) is 0 Å². The highest BCUT2D eigenvalue weighted by Gasteiger charge is 1.86. The number of hydrogen-bond acceptors (Lipinski definition) is 2. The van der Waals surface area contributed by atoms with Gasteiger partial charge in [0.1, 0.15) is 0 Å².